The van der Waals surface area contributed by atoms with Gasteiger partial charge in [0.2, 0.25) is 0 Å². The molecule has 2 heterocycles. The zero-order valence-electron chi connectivity index (χ0n) is 11.4. The molecule has 1 aromatic carbocycles. The lowest BCUT2D eigenvalue weighted by atomic mass is 10.2. The summed E-state index contributed by atoms with van der Waals surface area (Å²) in [6.07, 6.45) is 0. The summed E-state index contributed by atoms with van der Waals surface area (Å²) in [5.41, 5.74) is 3.49. The van der Waals surface area contributed by atoms with E-state index in [4.69, 9.17) is 4.74 Å². The highest BCUT2D eigenvalue weighted by molar-refractivity contribution is 5.33. The Balaban J connectivity index is 1.76. The number of aryl methyl sites for hydroxylation is 2. The van der Waals surface area contributed by atoms with Crippen LogP contribution in [0.15, 0.2) is 24.3 Å². The maximum atomic E-state index is 5.77. The summed E-state index contributed by atoms with van der Waals surface area (Å²) in [5, 5.41) is 0. The van der Waals surface area contributed by atoms with Crippen LogP contribution < -0.4 is 4.74 Å². The number of H-pyrrole nitrogens is 1. The molecule has 0 saturated heterocycles. The number of ether oxygens (including phenoxy) is 1. The molecule has 2 aromatic rings. The lowest BCUT2D eigenvalue weighted by Crippen LogP contribution is -2.25. The normalized spacial score (nSPS) is 15.7. The smallest absolute Gasteiger partial charge is 0.123 e. The molecule has 3 rings (SSSR count). The first kappa shape index (κ1) is 12.2. The predicted octanol–water partition coefficient (Wildman–Crippen LogP) is 2.42. The summed E-state index contributed by atoms with van der Waals surface area (Å²) < 4.78 is 5.77. The lowest BCUT2D eigenvalue weighted by molar-refractivity contribution is 0.216. The minimum atomic E-state index is 0.732. The van der Waals surface area contributed by atoms with Gasteiger partial charge in [-0.25, -0.2) is 4.98 Å². The molecular weight excluding hydrogens is 238 g/mol. The summed E-state index contributed by atoms with van der Waals surface area (Å²) in [4.78, 5) is 10.3. The van der Waals surface area contributed by atoms with Crippen LogP contribution in [0.3, 0.4) is 0 Å². The van der Waals surface area contributed by atoms with Gasteiger partial charge in [-0.3, -0.25) is 4.90 Å². The number of aromatic nitrogens is 2. The van der Waals surface area contributed by atoms with Gasteiger partial charge < -0.3 is 9.72 Å². The van der Waals surface area contributed by atoms with Gasteiger partial charge in [0, 0.05) is 24.3 Å². The molecular formula is C15H19N3O. The number of imidazole rings is 1. The number of fused-ring (bicyclic) bond motifs is 1. The number of aromatic amines is 1. The van der Waals surface area contributed by atoms with E-state index in [9.17, 15) is 0 Å². The molecule has 0 radical (unpaired) electrons. The van der Waals surface area contributed by atoms with Crippen LogP contribution in [0, 0.1) is 13.8 Å². The third kappa shape index (κ3) is 2.63. The molecule has 1 aliphatic rings. The molecule has 1 N–H and O–H groups in total. The van der Waals surface area contributed by atoms with Crippen LogP contribution in [-0.4, -0.2) is 28.0 Å². The second kappa shape index (κ2) is 5.05. The maximum absolute atomic E-state index is 5.77. The lowest BCUT2D eigenvalue weighted by Gasteiger charge is -2.17. The van der Waals surface area contributed by atoms with Crippen molar-refractivity contribution in [2.75, 3.05) is 13.2 Å². The molecule has 0 fully saturated rings. The molecule has 0 unspecified atom stereocenters. The van der Waals surface area contributed by atoms with E-state index in [0.717, 1.165) is 49.2 Å². The summed E-state index contributed by atoms with van der Waals surface area (Å²) in [7, 11) is 0. The Bertz CT molecular complexity index is 557. The van der Waals surface area contributed by atoms with E-state index in [1.165, 1.54) is 5.56 Å². The third-order valence-corrected chi connectivity index (χ3v) is 3.58. The van der Waals surface area contributed by atoms with E-state index in [1.54, 1.807) is 0 Å². The van der Waals surface area contributed by atoms with E-state index in [1.807, 2.05) is 19.1 Å². The van der Waals surface area contributed by atoms with Crippen LogP contribution in [0.2, 0.25) is 0 Å². The van der Waals surface area contributed by atoms with E-state index < -0.39 is 0 Å². The molecule has 4 nitrogen and oxygen atoms in total. The van der Waals surface area contributed by atoms with Crippen molar-refractivity contribution in [1.82, 2.24) is 14.9 Å². The van der Waals surface area contributed by atoms with Crippen molar-refractivity contribution in [3.63, 3.8) is 0 Å². The van der Waals surface area contributed by atoms with Gasteiger partial charge in [0.05, 0.1) is 12.2 Å². The number of nitrogens with one attached hydrogen (secondary N) is 1. The molecule has 0 aliphatic carbocycles. The van der Waals surface area contributed by atoms with Crippen molar-refractivity contribution in [1.29, 1.82) is 0 Å². The zero-order valence-corrected chi connectivity index (χ0v) is 11.4. The first-order valence-electron chi connectivity index (χ1n) is 6.67. The predicted molar refractivity (Wildman–Crippen MR) is 74.1 cm³/mol. The Morgan fingerprint density at radius 2 is 2.16 bits per heavy atom. The van der Waals surface area contributed by atoms with Crippen molar-refractivity contribution < 1.29 is 4.74 Å². The SMILES string of the molecule is Cc1nc(CN2CCOc3ccccc3C2)[nH]c1C. The first-order chi connectivity index (χ1) is 9.22. The average Bonchev–Trinajstić information content (AvgIpc) is 2.61. The number of para-hydroxylation sites is 1. The van der Waals surface area contributed by atoms with Crippen molar-refractivity contribution in [3.05, 3.63) is 47.0 Å². The molecule has 0 spiro atoms. The topological polar surface area (TPSA) is 41.2 Å². The summed E-state index contributed by atoms with van der Waals surface area (Å²) >= 11 is 0. The van der Waals surface area contributed by atoms with Crippen LogP contribution in [0.4, 0.5) is 0 Å². The van der Waals surface area contributed by atoms with Crippen molar-refractivity contribution in [2.24, 2.45) is 0 Å². The van der Waals surface area contributed by atoms with Gasteiger partial charge in [0.25, 0.3) is 0 Å². The molecule has 100 valence electrons. The summed E-state index contributed by atoms with van der Waals surface area (Å²) in [6, 6.07) is 8.26. The maximum Gasteiger partial charge on any atom is 0.123 e. The fourth-order valence-electron chi connectivity index (χ4n) is 2.42. The average molecular weight is 257 g/mol. The van der Waals surface area contributed by atoms with Gasteiger partial charge >= 0.3 is 0 Å². The van der Waals surface area contributed by atoms with Gasteiger partial charge in [-0.15, -0.1) is 0 Å². The van der Waals surface area contributed by atoms with Crippen LogP contribution in [-0.2, 0) is 13.1 Å². The molecule has 1 aliphatic heterocycles. The highest BCUT2D eigenvalue weighted by atomic mass is 16.5. The van der Waals surface area contributed by atoms with Gasteiger partial charge in [-0.05, 0) is 19.9 Å². The molecule has 0 amide bonds. The standard InChI is InChI=1S/C15H19N3O/c1-11-12(2)17-15(16-11)10-18-7-8-19-14-6-4-3-5-13(14)9-18/h3-6H,7-10H2,1-2H3,(H,16,17). The fourth-order valence-corrected chi connectivity index (χ4v) is 2.42. The number of benzene rings is 1. The molecule has 19 heavy (non-hydrogen) atoms. The Morgan fingerprint density at radius 3 is 2.95 bits per heavy atom. The largest absolute Gasteiger partial charge is 0.492 e. The highest BCUT2D eigenvalue weighted by Crippen LogP contribution is 2.23. The Hall–Kier alpha value is -1.81. The number of hydrogen-bond acceptors (Lipinski definition) is 3. The number of nitrogens with zero attached hydrogens (tertiary/aromatic N) is 2. The second-order valence-corrected chi connectivity index (χ2v) is 5.06. The van der Waals surface area contributed by atoms with E-state index in [0.29, 0.717) is 0 Å². The first-order valence-corrected chi connectivity index (χ1v) is 6.67. The molecule has 0 atom stereocenters. The van der Waals surface area contributed by atoms with Gasteiger partial charge in [-0.2, -0.15) is 0 Å². The minimum Gasteiger partial charge on any atom is -0.492 e. The van der Waals surface area contributed by atoms with Crippen LogP contribution in [0.1, 0.15) is 22.8 Å². The zero-order chi connectivity index (χ0) is 13.2. The van der Waals surface area contributed by atoms with Gasteiger partial charge in [0.15, 0.2) is 0 Å². The van der Waals surface area contributed by atoms with E-state index in [2.05, 4.69) is 33.9 Å². The monoisotopic (exact) mass is 257 g/mol. The fraction of sp³-hybridized carbons (Fsp3) is 0.400. The number of rotatable bonds is 2. The third-order valence-electron chi connectivity index (χ3n) is 3.58. The van der Waals surface area contributed by atoms with Crippen molar-refractivity contribution in [2.45, 2.75) is 26.9 Å². The Morgan fingerprint density at radius 1 is 1.32 bits per heavy atom. The summed E-state index contributed by atoms with van der Waals surface area (Å²) in [6.45, 7) is 7.51. The highest BCUT2D eigenvalue weighted by Gasteiger charge is 2.16. The minimum absolute atomic E-state index is 0.732. The van der Waals surface area contributed by atoms with E-state index >= 15 is 0 Å². The second-order valence-electron chi connectivity index (χ2n) is 5.06. The quantitative estimate of drug-likeness (QED) is 0.898. The molecule has 1 aromatic heterocycles. The Kier molecular flexibility index (Phi) is 3.25. The van der Waals surface area contributed by atoms with E-state index in [-0.39, 0.29) is 0 Å². The van der Waals surface area contributed by atoms with Crippen LogP contribution in [0.5, 0.6) is 5.75 Å². The van der Waals surface area contributed by atoms with Crippen molar-refractivity contribution in [3.8, 4) is 5.75 Å². The molecule has 4 heteroatoms. The van der Waals surface area contributed by atoms with Crippen molar-refractivity contribution >= 4 is 0 Å². The van der Waals surface area contributed by atoms with Gasteiger partial charge in [0.1, 0.15) is 18.2 Å². The summed E-state index contributed by atoms with van der Waals surface area (Å²) in [5.74, 6) is 2.05. The molecule has 0 saturated carbocycles. The number of hydrogen-bond donors (Lipinski definition) is 1. The van der Waals surface area contributed by atoms with Gasteiger partial charge in [-0.1, -0.05) is 18.2 Å². The van der Waals surface area contributed by atoms with Crippen LogP contribution >= 0.6 is 0 Å². The Labute approximate surface area is 113 Å². The molecule has 0 bridgehead atoms. The van der Waals surface area contributed by atoms with Crippen LogP contribution in [0.25, 0.3) is 0 Å².